The topological polar surface area (TPSA) is 68.0 Å². The lowest BCUT2D eigenvalue weighted by molar-refractivity contribution is -0.140. The number of rotatable bonds is 3. The molecule has 1 N–H and O–H groups in total. The Labute approximate surface area is 100 Å². The number of hydrogen-bond acceptors (Lipinski definition) is 4. The third-order valence-corrected chi connectivity index (χ3v) is 3.34. The fourth-order valence-electron chi connectivity index (χ4n) is 1.14. The van der Waals surface area contributed by atoms with Crippen molar-refractivity contribution in [2.45, 2.75) is 13.0 Å². The van der Waals surface area contributed by atoms with Crippen molar-refractivity contribution in [2.24, 2.45) is 0 Å². The van der Waals surface area contributed by atoms with Gasteiger partial charge in [-0.05, 0) is 19.1 Å². The monoisotopic (exact) mass is 257 g/mol. The maximum Gasteiger partial charge on any atom is 0.328 e. The molecule has 1 atom stereocenters. The second kappa shape index (κ2) is 4.23. The van der Waals surface area contributed by atoms with Gasteiger partial charge in [-0.3, -0.25) is 0 Å². The van der Waals surface area contributed by atoms with Crippen molar-refractivity contribution in [1.29, 1.82) is 0 Å². The van der Waals surface area contributed by atoms with Gasteiger partial charge in [0, 0.05) is 0 Å². The standard InChI is InChI=1S/C9H8ClN3O2S/c1-5(9(14)15)13-4-6(11-12-13)7-2-3-8(10)16-7/h2-5H,1H3,(H,14,15). The van der Waals surface area contributed by atoms with Gasteiger partial charge in [-0.1, -0.05) is 16.8 Å². The Bertz CT molecular complexity index is 522. The Morgan fingerprint density at radius 1 is 1.62 bits per heavy atom. The molecule has 84 valence electrons. The van der Waals surface area contributed by atoms with Crippen molar-refractivity contribution in [2.75, 3.05) is 0 Å². The van der Waals surface area contributed by atoms with Crippen LogP contribution in [0.25, 0.3) is 10.6 Å². The maximum absolute atomic E-state index is 10.7. The first-order chi connectivity index (χ1) is 7.58. The van der Waals surface area contributed by atoms with Gasteiger partial charge in [0.05, 0.1) is 15.4 Å². The van der Waals surface area contributed by atoms with Gasteiger partial charge in [-0.15, -0.1) is 16.4 Å². The Balaban J connectivity index is 2.29. The van der Waals surface area contributed by atoms with Gasteiger partial charge >= 0.3 is 5.97 Å². The number of aromatic nitrogens is 3. The van der Waals surface area contributed by atoms with Crippen LogP contribution in [0.3, 0.4) is 0 Å². The summed E-state index contributed by atoms with van der Waals surface area (Å²) in [4.78, 5) is 11.6. The summed E-state index contributed by atoms with van der Waals surface area (Å²) in [5, 5.41) is 16.5. The zero-order valence-corrected chi connectivity index (χ0v) is 9.87. The predicted octanol–water partition coefficient (Wildman–Crippen LogP) is 2.31. The van der Waals surface area contributed by atoms with Crippen molar-refractivity contribution >= 4 is 28.9 Å². The molecule has 0 saturated heterocycles. The van der Waals surface area contributed by atoms with Gasteiger partial charge in [0.15, 0.2) is 0 Å². The summed E-state index contributed by atoms with van der Waals surface area (Å²) in [6.45, 7) is 1.54. The number of hydrogen-bond donors (Lipinski definition) is 1. The lowest BCUT2D eigenvalue weighted by atomic mass is 10.3. The average Bonchev–Trinajstić information content (AvgIpc) is 2.84. The Hall–Kier alpha value is -1.40. The van der Waals surface area contributed by atoms with Gasteiger partial charge in [0.2, 0.25) is 0 Å². The van der Waals surface area contributed by atoms with E-state index in [0.717, 1.165) is 4.88 Å². The SMILES string of the molecule is CC(C(=O)O)n1cc(-c2ccc(Cl)s2)nn1. The highest BCUT2D eigenvalue weighted by Gasteiger charge is 2.16. The molecule has 1 unspecified atom stereocenters. The minimum Gasteiger partial charge on any atom is -0.480 e. The van der Waals surface area contributed by atoms with Crippen LogP contribution in [-0.2, 0) is 4.79 Å². The van der Waals surface area contributed by atoms with Gasteiger partial charge in [0.1, 0.15) is 11.7 Å². The predicted molar refractivity (Wildman–Crippen MR) is 60.7 cm³/mol. The Morgan fingerprint density at radius 2 is 2.38 bits per heavy atom. The normalized spacial score (nSPS) is 12.6. The lowest BCUT2D eigenvalue weighted by Gasteiger charge is -2.03. The minimum atomic E-state index is -0.944. The molecule has 2 aromatic heterocycles. The largest absolute Gasteiger partial charge is 0.480 e. The van der Waals surface area contributed by atoms with Crippen LogP contribution in [0.4, 0.5) is 0 Å². The molecule has 2 heterocycles. The summed E-state index contributed by atoms with van der Waals surface area (Å²) in [6, 6.07) is 2.87. The molecule has 0 bridgehead atoms. The van der Waals surface area contributed by atoms with Crippen molar-refractivity contribution < 1.29 is 9.90 Å². The van der Waals surface area contributed by atoms with E-state index in [0.29, 0.717) is 10.0 Å². The Kier molecular flexibility index (Phi) is 2.93. The number of nitrogens with zero attached hydrogens (tertiary/aromatic N) is 3. The number of carboxylic acid groups (broad SMARTS) is 1. The molecule has 0 saturated carbocycles. The zero-order valence-electron chi connectivity index (χ0n) is 8.29. The number of carbonyl (C=O) groups is 1. The number of aliphatic carboxylic acids is 1. The van der Waals surface area contributed by atoms with E-state index in [-0.39, 0.29) is 0 Å². The van der Waals surface area contributed by atoms with Crippen LogP contribution in [0.15, 0.2) is 18.3 Å². The number of thiophene rings is 1. The summed E-state index contributed by atoms with van der Waals surface area (Å²) in [5.41, 5.74) is 0.630. The molecule has 0 fully saturated rings. The number of halogens is 1. The van der Waals surface area contributed by atoms with Crippen molar-refractivity contribution in [1.82, 2.24) is 15.0 Å². The van der Waals surface area contributed by atoms with Crippen molar-refractivity contribution in [3.8, 4) is 10.6 Å². The molecule has 2 aromatic rings. The van der Waals surface area contributed by atoms with Crippen LogP contribution >= 0.6 is 22.9 Å². The summed E-state index contributed by atoms with van der Waals surface area (Å²) in [5.74, 6) is -0.944. The summed E-state index contributed by atoms with van der Waals surface area (Å²) in [6.07, 6.45) is 1.60. The molecule has 0 amide bonds. The molecule has 0 spiro atoms. The molecule has 0 aliphatic heterocycles. The summed E-state index contributed by atoms with van der Waals surface area (Å²) in [7, 11) is 0. The van der Waals surface area contributed by atoms with Crippen LogP contribution in [0, 0.1) is 0 Å². The van der Waals surface area contributed by atoms with E-state index in [1.165, 1.54) is 16.0 Å². The second-order valence-electron chi connectivity index (χ2n) is 3.20. The first kappa shape index (κ1) is 11.1. The fraction of sp³-hybridized carbons (Fsp3) is 0.222. The van der Waals surface area contributed by atoms with Gasteiger partial charge in [-0.2, -0.15) is 0 Å². The van der Waals surface area contributed by atoms with E-state index < -0.39 is 12.0 Å². The summed E-state index contributed by atoms with van der Waals surface area (Å²) < 4.78 is 1.97. The van der Waals surface area contributed by atoms with Crippen LogP contribution < -0.4 is 0 Å². The van der Waals surface area contributed by atoms with E-state index in [1.54, 1.807) is 19.2 Å². The molecule has 0 aliphatic carbocycles. The molecule has 0 aliphatic rings. The van der Waals surface area contributed by atoms with Crippen LogP contribution in [0.5, 0.6) is 0 Å². The molecule has 2 rings (SSSR count). The lowest BCUT2D eigenvalue weighted by Crippen LogP contribution is -2.15. The second-order valence-corrected chi connectivity index (χ2v) is 4.92. The van der Waals surface area contributed by atoms with Crippen LogP contribution in [0.2, 0.25) is 4.34 Å². The quantitative estimate of drug-likeness (QED) is 0.916. The molecular formula is C9H8ClN3O2S. The number of carboxylic acids is 1. The highest BCUT2D eigenvalue weighted by atomic mass is 35.5. The molecule has 16 heavy (non-hydrogen) atoms. The van der Waals surface area contributed by atoms with Crippen LogP contribution in [0.1, 0.15) is 13.0 Å². The smallest absolute Gasteiger partial charge is 0.328 e. The van der Waals surface area contributed by atoms with E-state index in [2.05, 4.69) is 10.3 Å². The van der Waals surface area contributed by atoms with E-state index in [4.69, 9.17) is 16.7 Å². The van der Waals surface area contributed by atoms with Gasteiger partial charge in [-0.25, -0.2) is 9.48 Å². The van der Waals surface area contributed by atoms with E-state index >= 15 is 0 Å². The highest BCUT2D eigenvalue weighted by molar-refractivity contribution is 7.19. The molecule has 0 radical (unpaired) electrons. The first-order valence-electron chi connectivity index (χ1n) is 4.48. The van der Waals surface area contributed by atoms with Gasteiger partial charge < -0.3 is 5.11 Å². The average molecular weight is 258 g/mol. The third kappa shape index (κ3) is 2.07. The van der Waals surface area contributed by atoms with Crippen molar-refractivity contribution in [3.63, 3.8) is 0 Å². The summed E-state index contributed by atoms with van der Waals surface area (Å²) >= 11 is 7.18. The Morgan fingerprint density at radius 3 is 2.94 bits per heavy atom. The maximum atomic E-state index is 10.7. The zero-order chi connectivity index (χ0) is 11.7. The fourth-order valence-corrected chi connectivity index (χ4v) is 2.14. The van der Waals surface area contributed by atoms with E-state index in [9.17, 15) is 4.79 Å². The molecule has 7 heteroatoms. The van der Waals surface area contributed by atoms with Gasteiger partial charge in [0.25, 0.3) is 0 Å². The van der Waals surface area contributed by atoms with Crippen LogP contribution in [-0.4, -0.2) is 26.1 Å². The molecule has 5 nitrogen and oxygen atoms in total. The van der Waals surface area contributed by atoms with Crippen molar-refractivity contribution in [3.05, 3.63) is 22.7 Å². The first-order valence-corrected chi connectivity index (χ1v) is 5.67. The molecular weight excluding hydrogens is 250 g/mol. The minimum absolute atomic E-state index is 0.630. The third-order valence-electron chi connectivity index (χ3n) is 2.09. The highest BCUT2D eigenvalue weighted by Crippen LogP contribution is 2.29. The van der Waals surface area contributed by atoms with E-state index in [1.807, 2.05) is 6.07 Å². The molecule has 0 aromatic carbocycles.